The van der Waals surface area contributed by atoms with Crippen LogP contribution in [0.4, 0.5) is 5.69 Å². The van der Waals surface area contributed by atoms with Gasteiger partial charge in [-0.15, -0.1) is 0 Å². The van der Waals surface area contributed by atoms with Crippen molar-refractivity contribution in [1.82, 2.24) is 9.55 Å². The number of anilines is 1. The van der Waals surface area contributed by atoms with Crippen molar-refractivity contribution >= 4 is 38.6 Å². The monoisotopic (exact) mass is 414 g/mol. The molecule has 1 aliphatic rings. The molecule has 2 atom stereocenters. The third-order valence-corrected chi connectivity index (χ3v) is 5.12. The van der Waals surface area contributed by atoms with E-state index in [-0.39, 0.29) is 0 Å². The molecule has 1 aromatic heterocycles. The minimum atomic E-state index is -0.747. The van der Waals surface area contributed by atoms with Gasteiger partial charge >= 0.3 is 11.1 Å². The van der Waals surface area contributed by atoms with E-state index < -0.39 is 29.0 Å². The van der Waals surface area contributed by atoms with Gasteiger partial charge in [0.1, 0.15) is 0 Å². The quantitative estimate of drug-likeness (QED) is 0.566. The van der Waals surface area contributed by atoms with Gasteiger partial charge in [-0.3, -0.25) is 19.0 Å². The third-order valence-electron chi connectivity index (χ3n) is 4.66. The molecule has 26 heavy (non-hydrogen) atoms. The molecule has 0 saturated heterocycles. The highest BCUT2D eigenvalue weighted by Crippen LogP contribution is 2.36. The van der Waals surface area contributed by atoms with E-state index in [1.54, 1.807) is 18.2 Å². The van der Waals surface area contributed by atoms with Crippen molar-refractivity contribution < 1.29 is 4.79 Å². The van der Waals surface area contributed by atoms with Gasteiger partial charge < -0.3 is 16.0 Å². The Bertz CT molecular complexity index is 1140. The lowest BCUT2D eigenvalue weighted by Gasteiger charge is -2.33. The lowest BCUT2D eigenvalue weighted by atomic mass is 9.89. The molecule has 4 rings (SSSR count). The van der Waals surface area contributed by atoms with Gasteiger partial charge in [-0.1, -0.05) is 46.3 Å². The molecule has 1 aliphatic heterocycles. The van der Waals surface area contributed by atoms with Crippen molar-refractivity contribution in [3.63, 3.8) is 0 Å². The number of carbonyl (C=O) groups excluding carboxylic acids is 1. The zero-order valence-corrected chi connectivity index (χ0v) is 15.1. The largest absolute Gasteiger partial charge is 0.381 e. The van der Waals surface area contributed by atoms with Crippen LogP contribution in [0.25, 0.3) is 11.0 Å². The van der Waals surface area contributed by atoms with E-state index in [1.807, 2.05) is 24.3 Å². The van der Waals surface area contributed by atoms with Crippen LogP contribution < -0.4 is 22.2 Å². The third kappa shape index (κ3) is 2.53. The summed E-state index contributed by atoms with van der Waals surface area (Å²) in [5, 5.41) is 3.25. The number of rotatable bonds is 3. The fourth-order valence-electron chi connectivity index (χ4n) is 3.60. The number of nitrogens with zero attached hydrogens (tertiary/aromatic N) is 1. The van der Waals surface area contributed by atoms with E-state index in [0.29, 0.717) is 28.8 Å². The molecule has 0 bridgehead atoms. The van der Waals surface area contributed by atoms with Gasteiger partial charge in [0.15, 0.2) is 0 Å². The molecule has 8 heteroatoms. The van der Waals surface area contributed by atoms with Crippen LogP contribution in [0, 0.1) is 0 Å². The number of benzene rings is 2. The molecule has 4 N–H and O–H groups in total. The Balaban J connectivity index is 2.03. The molecule has 2 heterocycles. The highest BCUT2D eigenvalue weighted by atomic mass is 79.9. The highest BCUT2D eigenvalue weighted by molar-refractivity contribution is 9.10. The summed E-state index contributed by atoms with van der Waals surface area (Å²) in [7, 11) is 0. The zero-order valence-electron chi connectivity index (χ0n) is 13.5. The first-order valence-electron chi connectivity index (χ1n) is 8.03. The maximum atomic E-state index is 12.7. The number of aromatic nitrogens is 2. The topological polar surface area (TPSA) is 110 Å². The van der Waals surface area contributed by atoms with Crippen LogP contribution in [0.5, 0.6) is 0 Å². The number of hydrogen-bond acceptors (Lipinski definition) is 4. The first kappa shape index (κ1) is 16.6. The normalized spacial score (nSPS) is 16.9. The smallest absolute Gasteiger partial charge is 0.317 e. The summed E-state index contributed by atoms with van der Waals surface area (Å²) >= 11 is 3.40. The molecule has 0 saturated carbocycles. The molecule has 0 radical (unpaired) electrons. The van der Waals surface area contributed by atoms with Crippen LogP contribution in [-0.2, 0) is 4.79 Å². The summed E-state index contributed by atoms with van der Waals surface area (Å²) in [5.74, 6) is -1.30. The molecule has 0 spiro atoms. The molecule has 7 nitrogen and oxygen atoms in total. The minimum absolute atomic E-state index is 0.296. The van der Waals surface area contributed by atoms with Crippen molar-refractivity contribution in [2.24, 2.45) is 5.73 Å². The Morgan fingerprint density at radius 3 is 2.65 bits per heavy atom. The minimum Gasteiger partial charge on any atom is -0.381 e. The van der Waals surface area contributed by atoms with Crippen LogP contribution in [0.3, 0.4) is 0 Å². The highest BCUT2D eigenvalue weighted by Gasteiger charge is 2.34. The van der Waals surface area contributed by atoms with Crippen LogP contribution in [0.2, 0.25) is 0 Å². The van der Waals surface area contributed by atoms with E-state index >= 15 is 0 Å². The fraction of sp³-hybridized carbons (Fsp3) is 0.167. The molecule has 3 aromatic rings. The summed E-state index contributed by atoms with van der Waals surface area (Å²) in [5.41, 5.74) is 6.72. The van der Waals surface area contributed by atoms with Crippen LogP contribution in [-0.4, -0.2) is 22.0 Å². The molecule has 132 valence electrons. The van der Waals surface area contributed by atoms with Crippen LogP contribution in [0.15, 0.2) is 56.5 Å². The van der Waals surface area contributed by atoms with E-state index in [4.69, 9.17) is 5.73 Å². The van der Waals surface area contributed by atoms with Crippen molar-refractivity contribution in [1.29, 1.82) is 0 Å². The predicted molar refractivity (Wildman–Crippen MR) is 102 cm³/mol. The Hall–Kier alpha value is -2.87. The van der Waals surface area contributed by atoms with E-state index in [1.165, 1.54) is 4.57 Å². The molecule has 1 amide bonds. The second-order valence-corrected chi connectivity index (χ2v) is 7.13. The lowest BCUT2D eigenvalue weighted by molar-refractivity contribution is -0.120. The summed E-state index contributed by atoms with van der Waals surface area (Å²) in [6, 6.07) is 12.0. The van der Waals surface area contributed by atoms with Gasteiger partial charge in [-0.2, -0.15) is 0 Å². The first-order chi connectivity index (χ1) is 12.5. The number of halogens is 1. The number of carbonyl (C=O) groups is 1. The van der Waals surface area contributed by atoms with Crippen molar-refractivity contribution in [2.45, 2.75) is 12.0 Å². The van der Waals surface area contributed by atoms with E-state index in [0.717, 1.165) is 4.47 Å². The molecule has 0 aliphatic carbocycles. The average molecular weight is 415 g/mol. The van der Waals surface area contributed by atoms with Crippen LogP contribution in [0.1, 0.15) is 17.5 Å². The standard InChI is InChI=1S/C18H15BrN4O3/c19-10-6-11-15-12(7-10)22-17(25)18(26)23(15)13(8-21-11)14(16(20)24)9-4-2-1-3-5-9/h1-7,13-14,21H,8H2,(H2,20,24)(H,22,25). The molecule has 2 aromatic carbocycles. The Kier molecular flexibility index (Phi) is 3.91. The van der Waals surface area contributed by atoms with Crippen molar-refractivity contribution in [3.05, 3.63) is 73.2 Å². The van der Waals surface area contributed by atoms with Gasteiger partial charge in [-0.25, -0.2) is 0 Å². The Morgan fingerprint density at radius 2 is 1.96 bits per heavy atom. The van der Waals surface area contributed by atoms with Gasteiger partial charge in [-0.05, 0) is 17.7 Å². The predicted octanol–water partition coefficient (Wildman–Crippen LogP) is 1.69. The van der Waals surface area contributed by atoms with Gasteiger partial charge in [0.2, 0.25) is 5.91 Å². The molecule has 2 unspecified atom stereocenters. The second kappa shape index (κ2) is 6.14. The number of primary amides is 1. The first-order valence-corrected chi connectivity index (χ1v) is 8.83. The summed E-state index contributed by atoms with van der Waals surface area (Å²) in [6.07, 6.45) is 0. The maximum absolute atomic E-state index is 12.7. The number of nitrogens with one attached hydrogen (secondary N) is 2. The number of amides is 1. The zero-order chi connectivity index (χ0) is 18.4. The Labute approximate surface area is 156 Å². The van der Waals surface area contributed by atoms with Crippen molar-refractivity contribution in [2.75, 3.05) is 11.9 Å². The number of nitrogens with two attached hydrogens (primary N) is 1. The molecular formula is C18H15BrN4O3. The molecular weight excluding hydrogens is 400 g/mol. The number of hydrogen-bond donors (Lipinski definition) is 3. The van der Waals surface area contributed by atoms with Gasteiger partial charge in [0, 0.05) is 11.0 Å². The van der Waals surface area contributed by atoms with E-state index in [9.17, 15) is 14.4 Å². The second-order valence-electron chi connectivity index (χ2n) is 6.22. The summed E-state index contributed by atoms with van der Waals surface area (Å²) in [6.45, 7) is 0.296. The maximum Gasteiger partial charge on any atom is 0.317 e. The van der Waals surface area contributed by atoms with Crippen molar-refractivity contribution in [3.8, 4) is 0 Å². The SMILES string of the molecule is NC(=O)C(c1ccccc1)C1CNc2cc(Br)cc3[nH]c(=O)c(=O)n1c23. The summed E-state index contributed by atoms with van der Waals surface area (Å²) < 4.78 is 2.16. The van der Waals surface area contributed by atoms with Gasteiger partial charge in [0.25, 0.3) is 0 Å². The van der Waals surface area contributed by atoms with Gasteiger partial charge in [0.05, 0.1) is 28.7 Å². The summed E-state index contributed by atoms with van der Waals surface area (Å²) in [4.78, 5) is 39.7. The fourth-order valence-corrected chi connectivity index (χ4v) is 4.06. The lowest BCUT2D eigenvalue weighted by Crippen LogP contribution is -2.46. The number of aromatic amines is 1. The average Bonchev–Trinajstić information content (AvgIpc) is 2.61. The molecule has 0 fully saturated rings. The Morgan fingerprint density at radius 1 is 1.23 bits per heavy atom. The number of H-pyrrole nitrogens is 1. The van der Waals surface area contributed by atoms with Crippen LogP contribution >= 0.6 is 15.9 Å². The van der Waals surface area contributed by atoms with E-state index in [2.05, 4.69) is 26.2 Å².